The van der Waals surface area contributed by atoms with Gasteiger partial charge in [0, 0.05) is 22.3 Å². The lowest BCUT2D eigenvalue weighted by atomic mass is 10.1. The van der Waals surface area contributed by atoms with E-state index in [9.17, 15) is 0 Å². The maximum atomic E-state index is 5.86. The summed E-state index contributed by atoms with van der Waals surface area (Å²) in [4.78, 5) is 4.39. The Labute approximate surface area is 119 Å². The molecule has 0 aliphatic rings. The Morgan fingerprint density at radius 1 is 1.11 bits per heavy atom. The molecule has 19 heavy (non-hydrogen) atoms. The smallest absolute Gasteiger partial charge is 0.127 e. The molecule has 2 heterocycles. The van der Waals surface area contributed by atoms with Gasteiger partial charge in [-0.1, -0.05) is 12.1 Å². The zero-order valence-corrected chi connectivity index (χ0v) is 11.6. The average molecular weight is 315 g/mol. The summed E-state index contributed by atoms with van der Waals surface area (Å²) in [6, 6.07) is 13.7. The first-order chi connectivity index (χ1) is 9.24. The number of anilines is 1. The van der Waals surface area contributed by atoms with E-state index in [1.807, 2.05) is 36.4 Å². The molecule has 1 aromatic carbocycles. The van der Waals surface area contributed by atoms with E-state index >= 15 is 0 Å². The van der Waals surface area contributed by atoms with E-state index in [1.165, 1.54) is 0 Å². The molecule has 0 unspecified atom stereocenters. The Bertz CT molecular complexity index is 703. The van der Waals surface area contributed by atoms with E-state index in [2.05, 4.69) is 26.0 Å². The topological polar surface area (TPSA) is 56.7 Å². The predicted octanol–water partition coefficient (Wildman–Crippen LogP) is 3.28. The third-order valence-electron chi connectivity index (χ3n) is 2.79. The zero-order valence-electron chi connectivity index (χ0n) is 9.99. The van der Waals surface area contributed by atoms with Crippen molar-refractivity contribution in [1.82, 2.24) is 14.8 Å². The number of nitrogens with zero attached hydrogens (tertiary/aromatic N) is 3. The van der Waals surface area contributed by atoms with E-state index in [1.54, 1.807) is 23.1 Å². The Kier molecular flexibility index (Phi) is 3.05. The number of halogens is 1. The van der Waals surface area contributed by atoms with E-state index < -0.39 is 0 Å². The van der Waals surface area contributed by atoms with Crippen LogP contribution in [0.1, 0.15) is 0 Å². The SMILES string of the molecule is Nc1ccnn1-c1cccc(-c2ccc(Br)cn2)c1. The molecule has 94 valence electrons. The second kappa shape index (κ2) is 4.85. The van der Waals surface area contributed by atoms with Crippen LogP contribution in [0.5, 0.6) is 0 Å². The Balaban J connectivity index is 2.05. The standard InChI is InChI=1S/C14H11BrN4/c15-11-4-5-13(17-9-11)10-2-1-3-12(8-10)19-14(16)6-7-18-19/h1-9H,16H2. The number of hydrogen-bond donors (Lipinski definition) is 1. The first kappa shape index (κ1) is 11.9. The van der Waals surface area contributed by atoms with Crippen LogP contribution in [0.25, 0.3) is 16.9 Å². The number of aromatic nitrogens is 3. The Hall–Kier alpha value is -2.14. The number of pyridine rings is 1. The Morgan fingerprint density at radius 3 is 2.68 bits per heavy atom. The van der Waals surface area contributed by atoms with E-state index in [0.29, 0.717) is 5.82 Å². The van der Waals surface area contributed by atoms with Gasteiger partial charge in [-0.15, -0.1) is 0 Å². The molecule has 4 nitrogen and oxygen atoms in total. The van der Waals surface area contributed by atoms with Crippen LogP contribution < -0.4 is 5.73 Å². The predicted molar refractivity (Wildman–Crippen MR) is 78.9 cm³/mol. The fraction of sp³-hybridized carbons (Fsp3) is 0. The number of hydrogen-bond acceptors (Lipinski definition) is 3. The van der Waals surface area contributed by atoms with Crippen LogP contribution in [0, 0.1) is 0 Å². The maximum Gasteiger partial charge on any atom is 0.127 e. The summed E-state index contributed by atoms with van der Waals surface area (Å²) in [6.07, 6.45) is 3.46. The van der Waals surface area contributed by atoms with Crippen LogP contribution in [-0.4, -0.2) is 14.8 Å². The minimum absolute atomic E-state index is 0.612. The van der Waals surface area contributed by atoms with Crippen LogP contribution in [0.2, 0.25) is 0 Å². The maximum absolute atomic E-state index is 5.86. The third-order valence-corrected chi connectivity index (χ3v) is 3.25. The Morgan fingerprint density at radius 2 is 2.00 bits per heavy atom. The zero-order chi connectivity index (χ0) is 13.2. The van der Waals surface area contributed by atoms with Gasteiger partial charge in [-0.3, -0.25) is 4.98 Å². The summed E-state index contributed by atoms with van der Waals surface area (Å²) >= 11 is 3.38. The summed E-state index contributed by atoms with van der Waals surface area (Å²) in [5, 5.41) is 4.20. The molecule has 0 atom stereocenters. The first-order valence-electron chi connectivity index (χ1n) is 5.76. The van der Waals surface area contributed by atoms with Crippen LogP contribution in [0.15, 0.2) is 59.3 Å². The van der Waals surface area contributed by atoms with Crippen molar-refractivity contribution in [2.75, 3.05) is 5.73 Å². The lowest BCUT2D eigenvalue weighted by molar-refractivity contribution is 0.891. The van der Waals surface area contributed by atoms with Gasteiger partial charge >= 0.3 is 0 Å². The molecule has 2 N–H and O–H groups in total. The molecule has 0 aliphatic carbocycles. The van der Waals surface area contributed by atoms with Crippen molar-refractivity contribution in [3.8, 4) is 16.9 Å². The van der Waals surface area contributed by atoms with E-state index in [4.69, 9.17) is 5.73 Å². The van der Waals surface area contributed by atoms with Crippen molar-refractivity contribution < 1.29 is 0 Å². The monoisotopic (exact) mass is 314 g/mol. The minimum atomic E-state index is 0.612. The van der Waals surface area contributed by atoms with Gasteiger partial charge in [0.25, 0.3) is 0 Å². The number of rotatable bonds is 2. The molecule has 0 radical (unpaired) electrons. The second-order valence-electron chi connectivity index (χ2n) is 4.08. The molecule has 3 rings (SSSR count). The van der Waals surface area contributed by atoms with Crippen LogP contribution in [-0.2, 0) is 0 Å². The van der Waals surface area contributed by atoms with Gasteiger partial charge in [0.2, 0.25) is 0 Å². The van der Waals surface area contributed by atoms with E-state index in [0.717, 1.165) is 21.4 Å². The summed E-state index contributed by atoms with van der Waals surface area (Å²) in [7, 11) is 0. The third kappa shape index (κ3) is 2.37. The average Bonchev–Trinajstić information content (AvgIpc) is 2.86. The van der Waals surface area contributed by atoms with Gasteiger partial charge in [-0.25, -0.2) is 4.68 Å². The molecule has 0 aliphatic heterocycles. The second-order valence-corrected chi connectivity index (χ2v) is 5.00. The van der Waals surface area contributed by atoms with Gasteiger partial charge < -0.3 is 5.73 Å². The minimum Gasteiger partial charge on any atom is -0.384 e. The normalized spacial score (nSPS) is 10.6. The summed E-state index contributed by atoms with van der Waals surface area (Å²) in [6.45, 7) is 0. The van der Waals surface area contributed by atoms with Gasteiger partial charge in [0.05, 0.1) is 17.6 Å². The molecule has 0 spiro atoms. The fourth-order valence-corrected chi connectivity index (χ4v) is 2.11. The van der Waals surface area contributed by atoms with Gasteiger partial charge in [-0.05, 0) is 40.2 Å². The van der Waals surface area contributed by atoms with Crippen LogP contribution >= 0.6 is 15.9 Å². The van der Waals surface area contributed by atoms with Crippen molar-refractivity contribution in [3.63, 3.8) is 0 Å². The van der Waals surface area contributed by atoms with Crippen molar-refractivity contribution in [2.45, 2.75) is 0 Å². The van der Waals surface area contributed by atoms with Gasteiger partial charge in [0.15, 0.2) is 0 Å². The van der Waals surface area contributed by atoms with Crippen molar-refractivity contribution in [3.05, 3.63) is 59.3 Å². The number of nitrogen functional groups attached to an aromatic ring is 1. The molecule has 0 amide bonds. The molecule has 3 aromatic rings. The van der Waals surface area contributed by atoms with Gasteiger partial charge in [0.1, 0.15) is 5.82 Å². The van der Waals surface area contributed by atoms with Crippen molar-refractivity contribution >= 4 is 21.7 Å². The lowest BCUT2D eigenvalue weighted by Crippen LogP contribution is -2.01. The van der Waals surface area contributed by atoms with Crippen molar-refractivity contribution in [2.24, 2.45) is 0 Å². The fourth-order valence-electron chi connectivity index (χ4n) is 1.87. The molecule has 0 bridgehead atoms. The first-order valence-corrected chi connectivity index (χ1v) is 6.55. The molecular weight excluding hydrogens is 304 g/mol. The summed E-state index contributed by atoms with van der Waals surface area (Å²) in [5.74, 6) is 0.612. The van der Waals surface area contributed by atoms with Crippen molar-refractivity contribution in [1.29, 1.82) is 0 Å². The molecule has 0 fully saturated rings. The molecule has 0 saturated heterocycles. The highest BCUT2D eigenvalue weighted by atomic mass is 79.9. The molecule has 2 aromatic heterocycles. The molecule has 5 heteroatoms. The summed E-state index contributed by atoms with van der Waals surface area (Å²) < 4.78 is 2.66. The highest BCUT2D eigenvalue weighted by molar-refractivity contribution is 9.10. The molecule has 0 saturated carbocycles. The summed E-state index contributed by atoms with van der Waals surface area (Å²) in [5.41, 5.74) is 8.72. The number of nitrogens with two attached hydrogens (primary N) is 1. The highest BCUT2D eigenvalue weighted by Gasteiger charge is 2.04. The number of benzene rings is 1. The highest BCUT2D eigenvalue weighted by Crippen LogP contribution is 2.22. The van der Waals surface area contributed by atoms with E-state index in [-0.39, 0.29) is 0 Å². The lowest BCUT2D eigenvalue weighted by Gasteiger charge is -2.06. The van der Waals surface area contributed by atoms with Crippen LogP contribution in [0.4, 0.5) is 5.82 Å². The molecular formula is C14H11BrN4. The van der Waals surface area contributed by atoms with Gasteiger partial charge in [-0.2, -0.15) is 5.10 Å². The van der Waals surface area contributed by atoms with Crippen LogP contribution in [0.3, 0.4) is 0 Å². The largest absolute Gasteiger partial charge is 0.384 e. The quantitative estimate of drug-likeness (QED) is 0.789.